The van der Waals surface area contributed by atoms with Crippen LogP contribution in [0.3, 0.4) is 0 Å². The molecule has 13 heteroatoms. The number of H-pyrrole nitrogens is 1. The van der Waals surface area contributed by atoms with Crippen molar-refractivity contribution >= 4 is 17.1 Å². The van der Waals surface area contributed by atoms with Crippen LogP contribution in [0, 0.1) is 5.53 Å². The summed E-state index contributed by atoms with van der Waals surface area (Å²) in [6.45, 7) is -0.447. The van der Waals surface area contributed by atoms with Crippen LogP contribution in [-0.4, -0.2) is 59.8 Å². The number of aromatic amines is 1. The third-order valence-electron chi connectivity index (χ3n) is 3.24. The Morgan fingerprint density at radius 2 is 2.17 bits per heavy atom. The van der Waals surface area contributed by atoms with Crippen LogP contribution in [0.1, 0.15) is 6.23 Å². The molecule has 0 radical (unpaired) electrons. The number of hydrogen-bond acceptors (Lipinski definition) is 9. The van der Waals surface area contributed by atoms with E-state index in [1.807, 2.05) is 0 Å². The van der Waals surface area contributed by atoms with Crippen molar-refractivity contribution < 1.29 is 20.1 Å². The van der Waals surface area contributed by atoms with E-state index < -0.39 is 36.7 Å². The van der Waals surface area contributed by atoms with Crippen molar-refractivity contribution in [1.29, 1.82) is 5.53 Å². The molecule has 1 fully saturated rings. The van der Waals surface area contributed by atoms with Crippen molar-refractivity contribution in [3.8, 4) is 0 Å². The van der Waals surface area contributed by atoms with Crippen LogP contribution in [0.25, 0.3) is 21.6 Å². The van der Waals surface area contributed by atoms with Crippen LogP contribution < -0.4 is 11.3 Å². The molecule has 0 amide bonds. The lowest BCUT2D eigenvalue weighted by molar-refractivity contribution is -0.0511. The van der Waals surface area contributed by atoms with E-state index in [0.29, 0.717) is 0 Å². The first-order valence-corrected chi connectivity index (χ1v) is 6.30. The molecule has 3 heterocycles. The predicted octanol–water partition coefficient (Wildman–Crippen LogP) is -1.81. The van der Waals surface area contributed by atoms with Crippen molar-refractivity contribution in [1.82, 2.24) is 19.5 Å². The molecule has 0 bridgehead atoms. The smallest absolute Gasteiger partial charge is 0.280 e. The van der Waals surface area contributed by atoms with E-state index in [9.17, 15) is 15.0 Å². The van der Waals surface area contributed by atoms with Crippen LogP contribution in [0.4, 0.5) is 5.95 Å². The molecule has 2 aromatic heterocycles. The average molecular weight is 326 g/mol. The number of aliphatic hydroxyl groups is 3. The van der Waals surface area contributed by atoms with Crippen molar-refractivity contribution in [2.75, 3.05) is 12.3 Å². The lowest BCUT2D eigenvalue weighted by atomic mass is 10.1. The molecule has 3 rings (SSSR count). The monoisotopic (exact) mass is 326 g/mol. The summed E-state index contributed by atoms with van der Waals surface area (Å²) in [5, 5.41) is 28.7. The molecule has 1 saturated heterocycles. The number of anilines is 1. The first-order valence-electron chi connectivity index (χ1n) is 6.30. The molecule has 13 nitrogen and oxygen atoms in total. The first-order chi connectivity index (χ1) is 10.9. The summed E-state index contributed by atoms with van der Waals surface area (Å²) in [4.78, 5) is 23.5. The lowest BCUT2D eigenvalue weighted by Gasteiger charge is -2.16. The van der Waals surface area contributed by atoms with Gasteiger partial charge in [0.2, 0.25) is 5.95 Å². The van der Waals surface area contributed by atoms with Gasteiger partial charge < -0.3 is 25.8 Å². The second kappa shape index (κ2) is 6.60. The summed E-state index contributed by atoms with van der Waals surface area (Å²) in [7, 11) is 0. The molecule has 0 spiro atoms. The molecule has 1 aliphatic rings. The minimum atomic E-state index is -1.29. The van der Waals surface area contributed by atoms with Gasteiger partial charge in [0.05, 0.1) is 12.9 Å². The normalized spacial score (nSPS) is 26.6. The standard InChI is InChI=1S/C10H13N5O5.HN3/c11-10-13-7-4(8(19)14-10)12-2-15(7)9-6(18)5(17)3(1-16)20-9;1-3-2/h2-3,5-6,9,16-18H,1H2,(H3,11,13,14,19);1H/t3-,5-,6-,9-;/m1./s1. The minimum Gasteiger partial charge on any atom is -0.394 e. The molecule has 0 aromatic carbocycles. The number of nitrogens with zero attached hydrogens (tertiary/aromatic N) is 5. The van der Waals surface area contributed by atoms with E-state index in [-0.39, 0.29) is 17.1 Å². The number of aromatic nitrogens is 4. The molecule has 7 N–H and O–H groups in total. The van der Waals surface area contributed by atoms with Crippen LogP contribution in [0.5, 0.6) is 0 Å². The number of imidazole rings is 1. The fourth-order valence-electron chi connectivity index (χ4n) is 2.24. The maximum atomic E-state index is 11.7. The third kappa shape index (κ3) is 2.94. The number of rotatable bonds is 2. The number of nitrogens with one attached hydrogen (secondary N) is 2. The van der Waals surface area contributed by atoms with Gasteiger partial charge in [0.1, 0.15) is 18.3 Å². The van der Waals surface area contributed by atoms with Gasteiger partial charge in [-0.05, 0) is 10.4 Å². The average Bonchev–Trinajstić information content (AvgIpc) is 3.03. The summed E-state index contributed by atoms with van der Waals surface area (Å²) in [6, 6.07) is 0. The minimum absolute atomic E-state index is 0.0388. The Balaban J connectivity index is 0.000000595. The Kier molecular flexibility index (Phi) is 4.78. The van der Waals surface area contributed by atoms with Gasteiger partial charge in [-0.2, -0.15) is 4.98 Å². The lowest BCUT2D eigenvalue weighted by Crippen LogP contribution is -2.33. The number of nitrogen functional groups attached to an aromatic ring is 1. The fraction of sp³-hybridized carbons (Fsp3) is 0.500. The van der Waals surface area contributed by atoms with Gasteiger partial charge in [-0.1, -0.05) is 0 Å². The zero-order valence-electron chi connectivity index (χ0n) is 11.6. The molecule has 4 atom stereocenters. The van der Waals surface area contributed by atoms with Gasteiger partial charge in [0, 0.05) is 0 Å². The van der Waals surface area contributed by atoms with E-state index in [1.165, 1.54) is 10.9 Å². The predicted molar refractivity (Wildman–Crippen MR) is 75.0 cm³/mol. The molecule has 2 aromatic rings. The van der Waals surface area contributed by atoms with Gasteiger partial charge >= 0.3 is 0 Å². The zero-order chi connectivity index (χ0) is 17.1. The Labute approximate surface area is 127 Å². The van der Waals surface area contributed by atoms with Crippen LogP contribution in [0.2, 0.25) is 0 Å². The number of nitrogens with two attached hydrogens (primary N) is 1. The highest BCUT2D eigenvalue weighted by molar-refractivity contribution is 5.70. The second-order valence-electron chi connectivity index (χ2n) is 4.60. The van der Waals surface area contributed by atoms with Gasteiger partial charge in [0.15, 0.2) is 17.4 Å². The van der Waals surface area contributed by atoms with E-state index in [0.717, 1.165) is 0 Å². The van der Waals surface area contributed by atoms with Gasteiger partial charge in [0.25, 0.3) is 5.56 Å². The summed E-state index contributed by atoms with van der Waals surface area (Å²) >= 11 is 0. The SMILES string of the molecule is Nc1nc2c(ncn2[C@@H]2O[C@H](CO)[C@@H](O)[C@H]2O)c(=O)[nH]1.[N-]=[N+]=N. The molecule has 0 saturated carbocycles. The van der Waals surface area contributed by atoms with Crippen molar-refractivity contribution in [3.63, 3.8) is 0 Å². The highest BCUT2D eigenvalue weighted by atomic mass is 16.6. The topological polar surface area (TPSA) is 220 Å². The van der Waals surface area contributed by atoms with Gasteiger partial charge in [-0.25, -0.2) is 4.98 Å². The summed E-state index contributed by atoms with van der Waals surface area (Å²) in [6.07, 6.45) is -3.21. The number of hydrogen-bond donors (Lipinski definition) is 6. The molecule has 1 aliphatic heterocycles. The summed E-state index contributed by atoms with van der Waals surface area (Å²) in [5.74, 6) is -0.101. The van der Waals surface area contributed by atoms with Crippen molar-refractivity contribution in [2.45, 2.75) is 24.5 Å². The third-order valence-corrected chi connectivity index (χ3v) is 3.24. The fourth-order valence-corrected chi connectivity index (χ4v) is 2.24. The Morgan fingerprint density at radius 3 is 2.74 bits per heavy atom. The van der Waals surface area contributed by atoms with Crippen molar-refractivity contribution in [3.05, 3.63) is 27.1 Å². The molecular weight excluding hydrogens is 312 g/mol. The van der Waals surface area contributed by atoms with E-state index in [4.69, 9.17) is 26.6 Å². The van der Waals surface area contributed by atoms with Gasteiger partial charge in [-0.3, -0.25) is 14.3 Å². The number of fused-ring (bicyclic) bond motifs is 1. The van der Waals surface area contributed by atoms with Crippen LogP contribution in [-0.2, 0) is 4.74 Å². The molecule has 124 valence electrons. The van der Waals surface area contributed by atoms with E-state index in [2.05, 4.69) is 15.0 Å². The van der Waals surface area contributed by atoms with Crippen molar-refractivity contribution in [2.24, 2.45) is 0 Å². The number of ether oxygens (including phenoxy) is 1. The Bertz CT molecular complexity index is 781. The molecule has 23 heavy (non-hydrogen) atoms. The van der Waals surface area contributed by atoms with Gasteiger partial charge in [-0.15, -0.1) is 5.53 Å². The maximum Gasteiger partial charge on any atom is 0.280 e. The van der Waals surface area contributed by atoms with Crippen LogP contribution >= 0.6 is 0 Å². The van der Waals surface area contributed by atoms with Crippen LogP contribution in [0.15, 0.2) is 11.1 Å². The highest BCUT2D eigenvalue weighted by Gasteiger charge is 2.44. The van der Waals surface area contributed by atoms with E-state index >= 15 is 0 Å². The Morgan fingerprint density at radius 1 is 1.52 bits per heavy atom. The largest absolute Gasteiger partial charge is 0.394 e. The maximum absolute atomic E-state index is 11.7. The summed E-state index contributed by atoms with van der Waals surface area (Å²) < 4.78 is 6.64. The summed E-state index contributed by atoms with van der Waals surface area (Å²) in [5.41, 5.74) is 17.4. The molecule has 0 unspecified atom stereocenters. The Hall–Kier alpha value is -2.70. The quantitative estimate of drug-likeness (QED) is 0.209. The second-order valence-corrected chi connectivity index (χ2v) is 4.60. The first kappa shape index (κ1) is 16.7. The number of aliphatic hydroxyl groups excluding tert-OH is 3. The molecular formula is C10H14N8O5. The zero-order valence-corrected chi connectivity index (χ0v) is 11.6. The highest BCUT2D eigenvalue weighted by Crippen LogP contribution is 2.30. The van der Waals surface area contributed by atoms with E-state index in [1.54, 1.807) is 4.91 Å². The molecule has 0 aliphatic carbocycles.